The van der Waals surface area contributed by atoms with E-state index >= 15 is 0 Å². The van der Waals surface area contributed by atoms with Crippen LogP contribution in [0.1, 0.15) is 19.8 Å². The molecule has 1 rings (SSSR count). The number of carbonyl (C=O) groups is 1. The van der Waals surface area contributed by atoms with E-state index < -0.39 is 0 Å². The first-order valence-corrected chi connectivity index (χ1v) is 5.19. The summed E-state index contributed by atoms with van der Waals surface area (Å²) < 4.78 is 4.83. The Kier molecular flexibility index (Phi) is 3.72. The molecule has 1 atom stereocenters. The molecule has 3 nitrogen and oxygen atoms in total. The molecule has 1 heterocycles. The van der Waals surface area contributed by atoms with E-state index in [0.29, 0.717) is 12.3 Å². The van der Waals surface area contributed by atoms with Crippen LogP contribution in [0.2, 0.25) is 0 Å². The molecule has 0 saturated carbocycles. The summed E-state index contributed by atoms with van der Waals surface area (Å²) >= 11 is 3.33. The van der Waals surface area contributed by atoms with Crippen molar-refractivity contribution >= 4 is 27.6 Å². The smallest absolute Gasteiger partial charge is 0.352 e. The van der Waals surface area contributed by atoms with Gasteiger partial charge < -0.3 is 4.74 Å². The highest BCUT2D eigenvalue weighted by Crippen LogP contribution is 2.15. The van der Waals surface area contributed by atoms with Crippen LogP contribution in [0.5, 0.6) is 0 Å². The first-order chi connectivity index (χ1) is 5.77. The lowest BCUT2D eigenvalue weighted by atomic mass is 10.2. The molecule has 0 bridgehead atoms. The van der Waals surface area contributed by atoms with Crippen molar-refractivity contribution in [3.63, 3.8) is 0 Å². The van der Waals surface area contributed by atoms with Crippen LogP contribution in [-0.4, -0.2) is 29.7 Å². The van der Waals surface area contributed by atoms with Crippen molar-refractivity contribution in [2.75, 3.05) is 11.9 Å². The van der Waals surface area contributed by atoms with E-state index in [2.05, 4.69) is 20.9 Å². The van der Waals surface area contributed by atoms with Crippen LogP contribution in [0.15, 0.2) is 4.99 Å². The standard InChI is InChI=1S/C8H12BrNO2/c1-2-12-8(11)7-4-3-6(5-9)10-7/h6H,2-5H2,1H3. The Bertz CT molecular complexity index is 203. The van der Waals surface area contributed by atoms with E-state index in [-0.39, 0.29) is 12.0 Å². The van der Waals surface area contributed by atoms with Gasteiger partial charge in [0, 0.05) is 5.33 Å². The number of hydrogen-bond acceptors (Lipinski definition) is 3. The number of carbonyl (C=O) groups excluding carboxylic acids is 1. The maximum atomic E-state index is 11.1. The molecule has 0 aliphatic carbocycles. The van der Waals surface area contributed by atoms with Crippen LogP contribution < -0.4 is 0 Å². The van der Waals surface area contributed by atoms with Crippen molar-refractivity contribution in [2.24, 2.45) is 4.99 Å². The highest BCUT2D eigenvalue weighted by atomic mass is 79.9. The second-order valence-electron chi connectivity index (χ2n) is 2.64. The fraction of sp³-hybridized carbons (Fsp3) is 0.750. The molecule has 0 radical (unpaired) electrons. The van der Waals surface area contributed by atoms with E-state index in [1.54, 1.807) is 6.92 Å². The van der Waals surface area contributed by atoms with Crippen LogP contribution >= 0.6 is 15.9 Å². The fourth-order valence-electron chi connectivity index (χ4n) is 1.13. The third-order valence-electron chi connectivity index (χ3n) is 1.74. The van der Waals surface area contributed by atoms with Crippen molar-refractivity contribution in [1.29, 1.82) is 0 Å². The summed E-state index contributed by atoms with van der Waals surface area (Å²) in [4.78, 5) is 15.4. The minimum Gasteiger partial charge on any atom is -0.462 e. The molecule has 0 spiro atoms. The van der Waals surface area contributed by atoms with Crippen LogP contribution in [0.3, 0.4) is 0 Å². The average molecular weight is 234 g/mol. The molecule has 0 aromatic heterocycles. The number of ether oxygens (including phenoxy) is 1. The zero-order valence-corrected chi connectivity index (χ0v) is 8.63. The van der Waals surface area contributed by atoms with E-state index in [1.165, 1.54) is 0 Å². The predicted molar refractivity (Wildman–Crippen MR) is 50.9 cm³/mol. The number of halogens is 1. The monoisotopic (exact) mass is 233 g/mol. The largest absolute Gasteiger partial charge is 0.462 e. The first-order valence-electron chi connectivity index (χ1n) is 4.07. The van der Waals surface area contributed by atoms with Crippen LogP contribution in [0.4, 0.5) is 0 Å². The molecular formula is C8H12BrNO2. The normalized spacial score (nSPS) is 22.2. The molecule has 0 saturated heterocycles. The van der Waals surface area contributed by atoms with Gasteiger partial charge in [-0.05, 0) is 19.8 Å². The lowest BCUT2D eigenvalue weighted by Crippen LogP contribution is -2.14. The highest BCUT2D eigenvalue weighted by Gasteiger charge is 2.22. The van der Waals surface area contributed by atoms with Gasteiger partial charge in [0.15, 0.2) is 0 Å². The fourth-order valence-corrected chi connectivity index (χ4v) is 1.60. The van der Waals surface area contributed by atoms with Gasteiger partial charge in [-0.2, -0.15) is 0 Å². The molecule has 68 valence electrons. The van der Waals surface area contributed by atoms with Crippen molar-refractivity contribution in [3.05, 3.63) is 0 Å². The van der Waals surface area contributed by atoms with E-state index in [1.807, 2.05) is 0 Å². The van der Waals surface area contributed by atoms with E-state index in [4.69, 9.17) is 4.74 Å². The number of aliphatic imine (C=N–C) groups is 1. The Morgan fingerprint density at radius 2 is 2.58 bits per heavy atom. The molecule has 1 aliphatic rings. The van der Waals surface area contributed by atoms with E-state index in [0.717, 1.165) is 18.2 Å². The molecule has 12 heavy (non-hydrogen) atoms. The maximum absolute atomic E-state index is 11.1. The second kappa shape index (κ2) is 4.60. The minimum atomic E-state index is -0.249. The molecule has 4 heteroatoms. The summed E-state index contributed by atoms with van der Waals surface area (Å²) in [6, 6.07) is 0.268. The molecule has 0 N–H and O–H groups in total. The minimum absolute atomic E-state index is 0.249. The SMILES string of the molecule is CCOC(=O)C1=NC(CBr)CC1. The van der Waals surface area contributed by atoms with Crippen molar-refractivity contribution in [2.45, 2.75) is 25.8 Å². The lowest BCUT2D eigenvalue weighted by molar-refractivity contribution is -0.135. The Morgan fingerprint density at radius 1 is 1.83 bits per heavy atom. The van der Waals surface area contributed by atoms with Gasteiger partial charge in [-0.1, -0.05) is 15.9 Å². The van der Waals surface area contributed by atoms with Gasteiger partial charge in [-0.3, -0.25) is 4.99 Å². The van der Waals surface area contributed by atoms with Gasteiger partial charge in [0.25, 0.3) is 0 Å². The van der Waals surface area contributed by atoms with Crippen molar-refractivity contribution in [1.82, 2.24) is 0 Å². The lowest BCUT2D eigenvalue weighted by Gasteiger charge is -1.98. The molecular weight excluding hydrogens is 222 g/mol. The van der Waals surface area contributed by atoms with E-state index in [9.17, 15) is 4.79 Å². The number of alkyl halides is 1. The third kappa shape index (κ3) is 2.30. The zero-order chi connectivity index (χ0) is 8.97. The summed E-state index contributed by atoms with van der Waals surface area (Å²) in [7, 11) is 0. The Balaban J connectivity index is 2.48. The predicted octanol–water partition coefficient (Wildman–Crippen LogP) is 1.55. The van der Waals surface area contributed by atoms with Gasteiger partial charge >= 0.3 is 5.97 Å². The molecule has 1 unspecified atom stereocenters. The summed E-state index contributed by atoms with van der Waals surface area (Å²) in [5.41, 5.74) is 0.598. The Morgan fingerprint density at radius 3 is 3.08 bits per heavy atom. The highest BCUT2D eigenvalue weighted by molar-refractivity contribution is 9.09. The quantitative estimate of drug-likeness (QED) is 0.548. The molecule has 0 aromatic rings. The molecule has 0 aromatic carbocycles. The average Bonchev–Trinajstić information content (AvgIpc) is 2.52. The van der Waals surface area contributed by atoms with Gasteiger partial charge in [0.2, 0.25) is 0 Å². The first kappa shape index (κ1) is 9.71. The summed E-state index contributed by atoms with van der Waals surface area (Å²) in [6.07, 6.45) is 1.72. The van der Waals surface area contributed by atoms with Crippen molar-refractivity contribution in [3.8, 4) is 0 Å². The third-order valence-corrected chi connectivity index (χ3v) is 2.49. The number of rotatable bonds is 3. The van der Waals surface area contributed by atoms with Gasteiger partial charge in [0.1, 0.15) is 5.71 Å². The Labute approximate surface area is 80.3 Å². The zero-order valence-electron chi connectivity index (χ0n) is 7.05. The number of nitrogens with zero attached hydrogens (tertiary/aromatic N) is 1. The molecule has 0 fully saturated rings. The van der Waals surface area contributed by atoms with Crippen LogP contribution in [0.25, 0.3) is 0 Å². The van der Waals surface area contributed by atoms with Gasteiger partial charge in [-0.25, -0.2) is 4.79 Å². The summed E-state index contributed by atoms with van der Waals surface area (Å²) in [5, 5.41) is 0.829. The van der Waals surface area contributed by atoms with Crippen molar-refractivity contribution < 1.29 is 9.53 Å². The van der Waals surface area contributed by atoms with Crippen LogP contribution in [-0.2, 0) is 9.53 Å². The van der Waals surface area contributed by atoms with Gasteiger partial charge in [-0.15, -0.1) is 0 Å². The molecule has 1 aliphatic heterocycles. The topological polar surface area (TPSA) is 38.7 Å². The Hall–Kier alpha value is -0.380. The van der Waals surface area contributed by atoms with Crippen LogP contribution in [0, 0.1) is 0 Å². The summed E-state index contributed by atoms with van der Waals surface area (Å²) in [6.45, 7) is 2.23. The maximum Gasteiger partial charge on any atom is 0.352 e. The summed E-state index contributed by atoms with van der Waals surface area (Å²) in [5.74, 6) is -0.249. The second-order valence-corrected chi connectivity index (χ2v) is 3.29. The number of hydrogen-bond donors (Lipinski definition) is 0. The number of esters is 1. The molecule has 0 amide bonds. The van der Waals surface area contributed by atoms with Gasteiger partial charge in [0.05, 0.1) is 12.6 Å².